The van der Waals surface area contributed by atoms with Gasteiger partial charge in [0.25, 0.3) is 6.01 Å². The van der Waals surface area contributed by atoms with Crippen LogP contribution in [-0.4, -0.2) is 37.6 Å². The summed E-state index contributed by atoms with van der Waals surface area (Å²) in [5, 5.41) is 3.10. The van der Waals surface area contributed by atoms with Crippen molar-refractivity contribution in [2.75, 3.05) is 31.6 Å². The van der Waals surface area contributed by atoms with Crippen molar-refractivity contribution in [2.24, 2.45) is 5.92 Å². The Morgan fingerprint density at radius 2 is 1.93 bits per heavy atom. The van der Waals surface area contributed by atoms with Crippen LogP contribution in [0.1, 0.15) is 24.8 Å². The van der Waals surface area contributed by atoms with Crippen molar-refractivity contribution in [1.82, 2.24) is 10.3 Å². The van der Waals surface area contributed by atoms with Gasteiger partial charge in [-0.25, -0.2) is 0 Å². The van der Waals surface area contributed by atoms with Gasteiger partial charge in [-0.05, 0) is 55.0 Å². The summed E-state index contributed by atoms with van der Waals surface area (Å²) in [5.74, 6) is 1.45. The standard InChI is InChI=1S/C23H27N3O3/c1-28-19-9-6-17(7-10-19)8-11-22(27)24-16-18-12-14-26(15-13-18)23-25-20-4-2-3-5-21(20)29-23/h2-7,9-10,18H,8,11-16H2,1H3,(H,24,27). The lowest BCUT2D eigenvalue weighted by Gasteiger charge is -2.30. The normalized spacial score (nSPS) is 14.9. The number of aryl methyl sites for hydroxylation is 1. The third kappa shape index (κ3) is 4.88. The highest BCUT2D eigenvalue weighted by Crippen LogP contribution is 2.26. The molecule has 1 amide bonds. The number of carbonyl (C=O) groups excluding carboxylic acids is 1. The summed E-state index contributed by atoms with van der Waals surface area (Å²) in [6, 6.07) is 16.4. The highest BCUT2D eigenvalue weighted by atomic mass is 16.5. The summed E-state index contributed by atoms with van der Waals surface area (Å²) in [6.45, 7) is 2.54. The number of benzene rings is 2. The minimum atomic E-state index is 0.113. The van der Waals surface area contributed by atoms with Gasteiger partial charge in [0, 0.05) is 26.1 Å². The summed E-state index contributed by atoms with van der Waals surface area (Å²) in [6.07, 6.45) is 3.30. The second-order valence-corrected chi connectivity index (χ2v) is 7.55. The van der Waals surface area contributed by atoms with Gasteiger partial charge in [0.05, 0.1) is 7.11 Å². The number of amides is 1. The van der Waals surface area contributed by atoms with E-state index in [9.17, 15) is 4.79 Å². The van der Waals surface area contributed by atoms with E-state index in [1.807, 2.05) is 48.5 Å². The number of aromatic nitrogens is 1. The van der Waals surface area contributed by atoms with Crippen LogP contribution in [-0.2, 0) is 11.2 Å². The number of oxazole rings is 1. The maximum Gasteiger partial charge on any atom is 0.298 e. The summed E-state index contributed by atoms with van der Waals surface area (Å²) in [4.78, 5) is 19.0. The number of nitrogens with zero attached hydrogens (tertiary/aromatic N) is 2. The van der Waals surface area contributed by atoms with Crippen molar-refractivity contribution in [3.05, 3.63) is 54.1 Å². The summed E-state index contributed by atoms with van der Waals surface area (Å²) in [7, 11) is 1.65. The monoisotopic (exact) mass is 393 g/mol. The van der Waals surface area contributed by atoms with Gasteiger partial charge in [0.1, 0.15) is 11.3 Å². The molecular formula is C23H27N3O3. The first-order valence-electron chi connectivity index (χ1n) is 10.2. The van der Waals surface area contributed by atoms with Crippen LogP contribution in [0.15, 0.2) is 52.9 Å². The summed E-state index contributed by atoms with van der Waals surface area (Å²) in [5.41, 5.74) is 2.87. The molecule has 4 rings (SSSR count). The molecule has 1 fully saturated rings. The first-order chi connectivity index (χ1) is 14.2. The zero-order chi connectivity index (χ0) is 20.1. The van der Waals surface area contributed by atoms with E-state index in [-0.39, 0.29) is 5.91 Å². The zero-order valence-corrected chi connectivity index (χ0v) is 16.8. The quantitative estimate of drug-likeness (QED) is 0.661. The third-order valence-electron chi connectivity index (χ3n) is 5.56. The average molecular weight is 393 g/mol. The Kier molecular flexibility index (Phi) is 5.98. The summed E-state index contributed by atoms with van der Waals surface area (Å²) >= 11 is 0. The van der Waals surface area contributed by atoms with Crippen molar-refractivity contribution in [3.63, 3.8) is 0 Å². The molecule has 29 heavy (non-hydrogen) atoms. The number of piperidine rings is 1. The Labute approximate surface area is 170 Å². The molecular weight excluding hydrogens is 366 g/mol. The Balaban J connectivity index is 1.19. The van der Waals surface area contributed by atoms with Crippen LogP contribution in [0.5, 0.6) is 5.75 Å². The SMILES string of the molecule is COc1ccc(CCC(=O)NCC2CCN(c3nc4ccccc4o3)CC2)cc1. The average Bonchev–Trinajstić information content (AvgIpc) is 3.21. The van der Waals surface area contributed by atoms with Crippen LogP contribution in [0, 0.1) is 5.92 Å². The number of hydrogen-bond donors (Lipinski definition) is 1. The van der Waals surface area contributed by atoms with Crippen molar-refractivity contribution in [3.8, 4) is 5.75 Å². The fourth-order valence-corrected chi connectivity index (χ4v) is 3.72. The molecule has 1 aliphatic heterocycles. The molecule has 0 radical (unpaired) electrons. The highest BCUT2D eigenvalue weighted by molar-refractivity contribution is 5.76. The molecule has 0 bridgehead atoms. The van der Waals surface area contributed by atoms with Gasteiger partial charge in [0.15, 0.2) is 5.58 Å². The first kappa shape index (κ1) is 19.3. The number of carbonyl (C=O) groups is 1. The lowest BCUT2D eigenvalue weighted by Crippen LogP contribution is -2.38. The smallest absolute Gasteiger partial charge is 0.298 e. The van der Waals surface area contributed by atoms with Crippen LogP contribution >= 0.6 is 0 Å². The van der Waals surface area contributed by atoms with E-state index in [2.05, 4.69) is 15.2 Å². The van der Waals surface area contributed by atoms with Gasteiger partial charge >= 0.3 is 0 Å². The van der Waals surface area contributed by atoms with E-state index in [0.29, 0.717) is 18.4 Å². The lowest BCUT2D eigenvalue weighted by atomic mass is 9.97. The highest BCUT2D eigenvalue weighted by Gasteiger charge is 2.23. The number of fused-ring (bicyclic) bond motifs is 1. The predicted molar refractivity (Wildman–Crippen MR) is 113 cm³/mol. The molecule has 2 aromatic carbocycles. The van der Waals surface area contributed by atoms with Gasteiger partial charge in [-0.2, -0.15) is 4.98 Å². The molecule has 0 atom stereocenters. The van der Waals surface area contributed by atoms with Crippen molar-refractivity contribution >= 4 is 23.0 Å². The van der Waals surface area contributed by atoms with Gasteiger partial charge in [-0.1, -0.05) is 24.3 Å². The van der Waals surface area contributed by atoms with Gasteiger partial charge in [-0.15, -0.1) is 0 Å². The molecule has 0 unspecified atom stereocenters. The number of methoxy groups -OCH3 is 1. The maximum atomic E-state index is 12.2. The topological polar surface area (TPSA) is 67.6 Å². The van der Waals surface area contributed by atoms with Gasteiger partial charge < -0.3 is 19.4 Å². The maximum absolute atomic E-state index is 12.2. The van der Waals surface area contributed by atoms with Crippen molar-refractivity contribution < 1.29 is 13.9 Å². The van der Waals surface area contributed by atoms with E-state index in [1.165, 1.54) is 0 Å². The molecule has 6 nitrogen and oxygen atoms in total. The third-order valence-corrected chi connectivity index (χ3v) is 5.56. The Hall–Kier alpha value is -3.02. The molecule has 3 aromatic rings. The molecule has 2 heterocycles. The van der Waals surface area contributed by atoms with E-state index in [1.54, 1.807) is 7.11 Å². The molecule has 0 aliphatic carbocycles. The minimum Gasteiger partial charge on any atom is -0.497 e. The second-order valence-electron chi connectivity index (χ2n) is 7.55. The second kappa shape index (κ2) is 8.99. The Morgan fingerprint density at radius 1 is 1.17 bits per heavy atom. The van der Waals surface area contributed by atoms with E-state index >= 15 is 0 Å². The van der Waals surface area contributed by atoms with Crippen molar-refractivity contribution in [1.29, 1.82) is 0 Å². The summed E-state index contributed by atoms with van der Waals surface area (Å²) < 4.78 is 11.0. The molecule has 1 saturated heterocycles. The molecule has 0 saturated carbocycles. The number of ether oxygens (including phenoxy) is 1. The van der Waals surface area contributed by atoms with Crippen LogP contribution in [0.2, 0.25) is 0 Å². The first-order valence-corrected chi connectivity index (χ1v) is 10.2. The molecule has 1 N–H and O–H groups in total. The fourth-order valence-electron chi connectivity index (χ4n) is 3.72. The van der Waals surface area contributed by atoms with Gasteiger partial charge in [0.2, 0.25) is 5.91 Å². The number of anilines is 1. The van der Waals surface area contributed by atoms with Gasteiger partial charge in [-0.3, -0.25) is 4.79 Å². The number of hydrogen-bond acceptors (Lipinski definition) is 5. The lowest BCUT2D eigenvalue weighted by molar-refractivity contribution is -0.121. The van der Waals surface area contributed by atoms with E-state index in [4.69, 9.17) is 9.15 Å². The fraction of sp³-hybridized carbons (Fsp3) is 0.391. The molecule has 6 heteroatoms. The molecule has 0 spiro atoms. The van der Waals surface area contributed by atoms with E-state index < -0.39 is 0 Å². The predicted octanol–water partition coefficient (Wildman–Crippen LogP) is 3.80. The number of rotatable bonds is 7. The number of nitrogens with one attached hydrogen (secondary N) is 1. The van der Waals surface area contributed by atoms with Crippen molar-refractivity contribution in [2.45, 2.75) is 25.7 Å². The molecule has 1 aromatic heterocycles. The zero-order valence-electron chi connectivity index (χ0n) is 16.8. The van der Waals surface area contributed by atoms with Crippen LogP contribution in [0.4, 0.5) is 6.01 Å². The van der Waals surface area contributed by atoms with Crippen LogP contribution in [0.3, 0.4) is 0 Å². The van der Waals surface area contributed by atoms with E-state index in [0.717, 1.165) is 61.3 Å². The minimum absolute atomic E-state index is 0.113. The molecule has 152 valence electrons. The molecule has 1 aliphatic rings. The Bertz CT molecular complexity index is 910. The van der Waals surface area contributed by atoms with Crippen LogP contribution < -0.4 is 15.0 Å². The largest absolute Gasteiger partial charge is 0.497 e. The van der Waals surface area contributed by atoms with Crippen LogP contribution in [0.25, 0.3) is 11.1 Å². The number of para-hydroxylation sites is 2. The Morgan fingerprint density at radius 3 is 2.66 bits per heavy atom.